The Morgan fingerprint density at radius 2 is 1.47 bits per heavy atom. The Labute approximate surface area is 195 Å². The van der Waals surface area contributed by atoms with Crippen LogP contribution in [0.4, 0.5) is 5.69 Å². The van der Waals surface area contributed by atoms with Crippen molar-refractivity contribution in [2.24, 2.45) is 5.73 Å². The Morgan fingerprint density at radius 1 is 0.875 bits per heavy atom. The highest BCUT2D eigenvalue weighted by Gasteiger charge is 2.27. The molecule has 0 radical (unpaired) electrons. The van der Waals surface area contributed by atoms with Gasteiger partial charge in [0.25, 0.3) is 0 Å². The number of rotatable bonds is 9. The number of carbonyl (C=O) groups excluding carboxylic acids is 2. The van der Waals surface area contributed by atoms with Crippen molar-refractivity contribution in [1.82, 2.24) is 4.31 Å². The topological polar surface area (TPSA) is 110 Å². The van der Waals surface area contributed by atoms with E-state index in [1.54, 1.807) is 54.6 Å². The van der Waals surface area contributed by atoms with E-state index in [2.05, 4.69) is 21.2 Å². The van der Waals surface area contributed by atoms with Gasteiger partial charge in [0.15, 0.2) is 0 Å². The number of carbonyl (C=O) groups is 2. The predicted octanol–water partition coefficient (Wildman–Crippen LogP) is 3.31. The summed E-state index contributed by atoms with van der Waals surface area (Å²) in [5.74, 6) is -0.930. The van der Waals surface area contributed by atoms with Crippen molar-refractivity contribution in [3.63, 3.8) is 0 Å². The molecule has 2 amide bonds. The Morgan fingerprint density at radius 3 is 2.06 bits per heavy atom. The Kier molecular flexibility index (Phi) is 7.79. The molecule has 32 heavy (non-hydrogen) atoms. The summed E-state index contributed by atoms with van der Waals surface area (Å²) in [5.41, 5.74) is 7.14. The quantitative estimate of drug-likeness (QED) is 0.455. The van der Waals surface area contributed by atoms with Gasteiger partial charge in [0.2, 0.25) is 21.8 Å². The second-order valence-corrected chi connectivity index (χ2v) is 9.95. The van der Waals surface area contributed by atoms with Gasteiger partial charge in [-0.3, -0.25) is 9.59 Å². The van der Waals surface area contributed by atoms with E-state index in [1.165, 1.54) is 12.1 Å². The second kappa shape index (κ2) is 10.5. The molecule has 0 saturated heterocycles. The molecule has 0 fully saturated rings. The Bertz CT molecular complexity index is 1180. The average molecular weight is 516 g/mol. The maximum absolute atomic E-state index is 13.2. The molecule has 0 unspecified atom stereocenters. The molecule has 0 aromatic heterocycles. The van der Waals surface area contributed by atoms with Gasteiger partial charge in [-0.2, -0.15) is 4.31 Å². The zero-order chi connectivity index (χ0) is 23.1. The minimum absolute atomic E-state index is 0.0372. The van der Waals surface area contributed by atoms with E-state index in [0.717, 1.165) is 19.9 Å². The van der Waals surface area contributed by atoms with Crippen molar-refractivity contribution in [3.8, 4) is 0 Å². The first-order chi connectivity index (χ1) is 15.2. The van der Waals surface area contributed by atoms with Crippen LogP contribution >= 0.6 is 15.9 Å². The summed E-state index contributed by atoms with van der Waals surface area (Å²) in [7, 11) is -3.91. The van der Waals surface area contributed by atoms with Gasteiger partial charge in [-0.1, -0.05) is 58.4 Å². The van der Waals surface area contributed by atoms with Crippen molar-refractivity contribution in [3.05, 3.63) is 94.5 Å². The summed E-state index contributed by atoms with van der Waals surface area (Å²) in [6.45, 7) is -0.328. The van der Waals surface area contributed by atoms with Crippen LogP contribution < -0.4 is 11.1 Å². The second-order valence-electron chi connectivity index (χ2n) is 7.10. The van der Waals surface area contributed by atoms with Gasteiger partial charge in [-0.05, 0) is 47.5 Å². The van der Waals surface area contributed by atoms with Crippen LogP contribution in [-0.2, 0) is 32.6 Å². The summed E-state index contributed by atoms with van der Waals surface area (Å²) in [5, 5.41) is 2.70. The molecule has 0 aliphatic rings. The molecule has 0 heterocycles. The smallest absolute Gasteiger partial charge is 0.243 e. The molecule has 0 atom stereocenters. The molecule has 0 saturated carbocycles. The monoisotopic (exact) mass is 515 g/mol. The third kappa shape index (κ3) is 6.49. The van der Waals surface area contributed by atoms with Crippen molar-refractivity contribution >= 4 is 43.5 Å². The Balaban J connectivity index is 1.79. The zero-order valence-electron chi connectivity index (χ0n) is 17.1. The maximum atomic E-state index is 13.2. The van der Waals surface area contributed by atoms with Crippen LogP contribution in [0, 0.1) is 0 Å². The summed E-state index contributed by atoms with van der Waals surface area (Å²) in [4.78, 5) is 23.8. The summed E-state index contributed by atoms with van der Waals surface area (Å²) in [6.07, 6.45) is 0.102. The van der Waals surface area contributed by atoms with Crippen molar-refractivity contribution in [1.29, 1.82) is 0 Å². The highest BCUT2D eigenvalue weighted by Crippen LogP contribution is 2.20. The molecule has 166 valence electrons. The number of hydrogen-bond donors (Lipinski definition) is 2. The molecule has 0 bridgehead atoms. The lowest BCUT2D eigenvalue weighted by molar-refractivity contribution is -0.117. The van der Waals surface area contributed by atoms with E-state index in [1.807, 2.05) is 12.1 Å². The van der Waals surface area contributed by atoms with Crippen LogP contribution in [0.25, 0.3) is 0 Å². The van der Waals surface area contributed by atoms with Crippen LogP contribution in [0.1, 0.15) is 11.1 Å². The number of hydrogen-bond acceptors (Lipinski definition) is 4. The number of benzene rings is 3. The van der Waals surface area contributed by atoms with Crippen LogP contribution in [0.2, 0.25) is 0 Å². The summed E-state index contributed by atoms with van der Waals surface area (Å²) >= 11 is 3.36. The van der Waals surface area contributed by atoms with Gasteiger partial charge < -0.3 is 11.1 Å². The highest BCUT2D eigenvalue weighted by molar-refractivity contribution is 9.10. The SMILES string of the molecule is NC(=O)Cc1ccc(NC(=O)CN(Cc2ccc(Br)cc2)S(=O)(=O)c2ccccc2)cc1. The molecule has 7 nitrogen and oxygen atoms in total. The fraction of sp³-hybridized carbons (Fsp3) is 0.130. The van der Waals surface area contributed by atoms with Gasteiger partial charge in [-0.25, -0.2) is 8.42 Å². The van der Waals surface area contributed by atoms with Gasteiger partial charge in [0, 0.05) is 16.7 Å². The fourth-order valence-electron chi connectivity index (χ4n) is 3.03. The van der Waals surface area contributed by atoms with Gasteiger partial charge in [-0.15, -0.1) is 0 Å². The predicted molar refractivity (Wildman–Crippen MR) is 126 cm³/mol. The fourth-order valence-corrected chi connectivity index (χ4v) is 4.70. The lowest BCUT2D eigenvalue weighted by Crippen LogP contribution is -2.37. The van der Waals surface area contributed by atoms with Gasteiger partial charge in [0.1, 0.15) is 0 Å². The third-order valence-electron chi connectivity index (χ3n) is 4.59. The van der Waals surface area contributed by atoms with E-state index in [4.69, 9.17) is 5.73 Å². The van der Waals surface area contributed by atoms with Crippen molar-refractivity contribution in [2.45, 2.75) is 17.9 Å². The minimum Gasteiger partial charge on any atom is -0.369 e. The van der Waals surface area contributed by atoms with Crippen LogP contribution in [0.15, 0.2) is 88.2 Å². The van der Waals surface area contributed by atoms with Crippen LogP contribution in [0.5, 0.6) is 0 Å². The van der Waals surface area contributed by atoms with E-state index < -0.39 is 21.8 Å². The molecule has 0 aliphatic heterocycles. The highest BCUT2D eigenvalue weighted by atomic mass is 79.9. The lowest BCUT2D eigenvalue weighted by Gasteiger charge is -2.22. The molecule has 3 aromatic rings. The van der Waals surface area contributed by atoms with E-state index >= 15 is 0 Å². The number of halogens is 1. The Hall–Kier alpha value is -3.01. The maximum Gasteiger partial charge on any atom is 0.243 e. The average Bonchev–Trinajstić information content (AvgIpc) is 2.76. The first-order valence-corrected chi connectivity index (χ1v) is 11.9. The number of sulfonamides is 1. The summed E-state index contributed by atoms with van der Waals surface area (Å²) in [6, 6.07) is 21.9. The van der Waals surface area contributed by atoms with E-state index in [-0.39, 0.29) is 24.4 Å². The molecule has 0 spiro atoms. The van der Waals surface area contributed by atoms with E-state index in [0.29, 0.717) is 5.69 Å². The first kappa shape index (κ1) is 23.6. The standard InChI is InChI=1S/C23H22BrN3O4S/c24-19-10-6-18(7-11-19)15-27(32(30,31)21-4-2-1-3-5-21)16-23(29)26-20-12-8-17(9-13-20)14-22(25)28/h1-13H,14-16H2,(H2,25,28)(H,26,29). The lowest BCUT2D eigenvalue weighted by atomic mass is 10.1. The molecule has 3 rings (SSSR count). The number of amides is 2. The molecule has 0 aliphatic carbocycles. The van der Waals surface area contributed by atoms with Gasteiger partial charge in [0.05, 0.1) is 17.9 Å². The number of nitrogens with two attached hydrogens (primary N) is 1. The number of primary amides is 1. The molecule has 3 aromatic carbocycles. The van der Waals surface area contributed by atoms with Crippen LogP contribution in [0.3, 0.4) is 0 Å². The number of anilines is 1. The molecular formula is C23H22BrN3O4S. The normalized spacial score (nSPS) is 11.3. The number of nitrogens with one attached hydrogen (secondary N) is 1. The van der Waals surface area contributed by atoms with Crippen molar-refractivity contribution in [2.75, 3.05) is 11.9 Å². The minimum atomic E-state index is -3.91. The zero-order valence-corrected chi connectivity index (χ0v) is 19.5. The van der Waals surface area contributed by atoms with E-state index in [9.17, 15) is 18.0 Å². The third-order valence-corrected chi connectivity index (χ3v) is 6.92. The first-order valence-electron chi connectivity index (χ1n) is 9.71. The van der Waals surface area contributed by atoms with Crippen LogP contribution in [-0.4, -0.2) is 31.1 Å². The summed E-state index contributed by atoms with van der Waals surface area (Å²) < 4.78 is 28.5. The molecule has 9 heteroatoms. The molecular weight excluding hydrogens is 494 g/mol. The number of nitrogens with zero attached hydrogens (tertiary/aromatic N) is 1. The largest absolute Gasteiger partial charge is 0.369 e. The van der Waals surface area contributed by atoms with Crippen molar-refractivity contribution < 1.29 is 18.0 Å². The molecule has 3 N–H and O–H groups in total. The van der Waals surface area contributed by atoms with Gasteiger partial charge >= 0.3 is 0 Å².